The van der Waals surface area contributed by atoms with Gasteiger partial charge in [-0.2, -0.15) is 0 Å². The van der Waals surface area contributed by atoms with Crippen LogP contribution >= 0.6 is 27.5 Å². The fourth-order valence-corrected chi connectivity index (χ4v) is 3.26. The third kappa shape index (κ3) is 4.10. The number of morpholine rings is 1. The molecule has 1 aliphatic heterocycles. The maximum Gasteiger partial charge on any atom is 0.123 e. The first-order valence-electron chi connectivity index (χ1n) is 6.72. The maximum absolute atomic E-state index is 6.10. The Balaban J connectivity index is 2.14. The molecule has 3 nitrogen and oxygen atoms in total. The Labute approximate surface area is 134 Å². The minimum Gasteiger partial charge on any atom is -0.496 e. The lowest BCUT2D eigenvalue weighted by Crippen LogP contribution is -2.52. The molecule has 1 heterocycles. The van der Waals surface area contributed by atoms with Crippen molar-refractivity contribution in [2.24, 2.45) is 0 Å². The molecule has 1 saturated heterocycles. The van der Waals surface area contributed by atoms with Gasteiger partial charge >= 0.3 is 0 Å². The summed E-state index contributed by atoms with van der Waals surface area (Å²) < 4.78 is 11.4. The third-order valence-corrected chi connectivity index (χ3v) is 4.32. The normalized spacial score (nSPS) is 22.8. The molecule has 0 aromatic heterocycles. The van der Waals surface area contributed by atoms with E-state index in [4.69, 9.17) is 21.1 Å². The molecular weight excluding hydrogens is 342 g/mol. The van der Waals surface area contributed by atoms with Gasteiger partial charge in [-0.25, -0.2) is 0 Å². The van der Waals surface area contributed by atoms with E-state index in [2.05, 4.69) is 34.7 Å². The van der Waals surface area contributed by atoms with E-state index in [9.17, 15) is 0 Å². The lowest BCUT2D eigenvalue weighted by atomic mass is 10.0. The van der Waals surface area contributed by atoms with Gasteiger partial charge in [0.05, 0.1) is 18.8 Å². The van der Waals surface area contributed by atoms with E-state index in [-0.39, 0.29) is 11.7 Å². The van der Waals surface area contributed by atoms with Gasteiger partial charge in [-0.3, -0.25) is 4.90 Å². The van der Waals surface area contributed by atoms with Crippen LogP contribution in [0.25, 0.3) is 0 Å². The van der Waals surface area contributed by atoms with Crippen molar-refractivity contribution in [2.75, 3.05) is 25.5 Å². The predicted molar refractivity (Wildman–Crippen MR) is 86.0 cm³/mol. The summed E-state index contributed by atoms with van der Waals surface area (Å²) in [5, 5.41) is 1.59. The monoisotopic (exact) mass is 361 g/mol. The molecule has 0 aliphatic carbocycles. The first-order valence-corrected chi connectivity index (χ1v) is 8.22. The summed E-state index contributed by atoms with van der Waals surface area (Å²) in [5.41, 5.74) is 0.980. The zero-order valence-corrected chi connectivity index (χ0v) is 14.5. The Kier molecular flexibility index (Phi) is 5.35. The lowest BCUT2D eigenvalue weighted by Gasteiger charge is -2.42. The smallest absolute Gasteiger partial charge is 0.123 e. The largest absolute Gasteiger partial charge is 0.496 e. The van der Waals surface area contributed by atoms with Gasteiger partial charge in [0.1, 0.15) is 5.75 Å². The average Bonchev–Trinajstić information content (AvgIpc) is 2.37. The highest BCUT2D eigenvalue weighted by molar-refractivity contribution is 9.09. The number of hydrogen-bond donors (Lipinski definition) is 0. The van der Waals surface area contributed by atoms with E-state index < -0.39 is 0 Å². The second-order valence-corrected chi connectivity index (χ2v) is 6.86. The number of alkyl halides is 1. The number of hydrogen-bond acceptors (Lipinski definition) is 3. The Bertz CT molecular complexity index is 467. The second-order valence-electron chi connectivity index (χ2n) is 5.78. The summed E-state index contributed by atoms with van der Waals surface area (Å²) in [6.07, 6.45) is 0.212. The molecule has 1 aromatic rings. The van der Waals surface area contributed by atoms with E-state index in [0.29, 0.717) is 0 Å². The zero-order chi connectivity index (χ0) is 14.8. The third-order valence-electron chi connectivity index (χ3n) is 3.36. The van der Waals surface area contributed by atoms with Crippen LogP contribution in [-0.4, -0.2) is 42.1 Å². The molecule has 1 fully saturated rings. The Morgan fingerprint density at radius 2 is 2.25 bits per heavy atom. The Morgan fingerprint density at radius 3 is 2.90 bits per heavy atom. The van der Waals surface area contributed by atoms with Crippen molar-refractivity contribution in [3.05, 3.63) is 28.8 Å². The molecular formula is C15H21BrClNO2. The highest BCUT2D eigenvalue weighted by atomic mass is 79.9. The molecule has 5 heteroatoms. The summed E-state index contributed by atoms with van der Waals surface area (Å²) in [6, 6.07) is 5.76. The number of rotatable bonds is 4. The topological polar surface area (TPSA) is 21.7 Å². The highest BCUT2D eigenvalue weighted by Gasteiger charge is 2.33. The summed E-state index contributed by atoms with van der Waals surface area (Å²) in [4.78, 5) is 2.39. The number of halogens is 2. The van der Waals surface area contributed by atoms with Crippen LogP contribution in [0.2, 0.25) is 5.02 Å². The molecule has 0 amide bonds. The maximum atomic E-state index is 6.10. The SMILES string of the molecule is COc1ccc(Cl)cc1CN1CC(CBr)OC(C)(C)C1. The van der Waals surface area contributed by atoms with Gasteiger partial charge in [0.2, 0.25) is 0 Å². The minimum absolute atomic E-state index is 0.136. The van der Waals surface area contributed by atoms with Crippen LogP contribution in [0.15, 0.2) is 18.2 Å². The summed E-state index contributed by atoms with van der Waals surface area (Å²) >= 11 is 9.61. The molecule has 0 bridgehead atoms. The lowest BCUT2D eigenvalue weighted by molar-refractivity contribution is -0.128. The minimum atomic E-state index is -0.136. The summed E-state index contributed by atoms with van der Waals surface area (Å²) in [5.74, 6) is 0.883. The van der Waals surface area contributed by atoms with Gasteiger partial charge in [0, 0.05) is 35.6 Å². The van der Waals surface area contributed by atoms with Crippen LogP contribution < -0.4 is 4.74 Å². The van der Waals surface area contributed by atoms with Crippen LogP contribution in [-0.2, 0) is 11.3 Å². The van der Waals surface area contributed by atoms with Gasteiger partial charge in [0.25, 0.3) is 0 Å². The standard InChI is InChI=1S/C15H21BrClNO2/c1-15(2)10-18(9-13(7-16)20-15)8-11-6-12(17)4-5-14(11)19-3/h4-6,13H,7-10H2,1-3H3. The van der Waals surface area contributed by atoms with Gasteiger partial charge in [-0.05, 0) is 32.0 Å². The molecule has 1 atom stereocenters. The van der Waals surface area contributed by atoms with Crippen molar-refractivity contribution in [2.45, 2.75) is 32.1 Å². The van der Waals surface area contributed by atoms with Gasteiger partial charge < -0.3 is 9.47 Å². The van der Waals surface area contributed by atoms with Crippen molar-refractivity contribution in [3.63, 3.8) is 0 Å². The van der Waals surface area contributed by atoms with Crippen LogP contribution in [0.3, 0.4) is 0 Å². The Morgan fingerprint density at radius 1 is 1.50 bits per heavy atom. The number of ether oxygens (including phenoxy) is 2. The van der Waals surface area contributed by atoms with Crippen molar-refractivity contribution in [3.8, 4) is 5.75 Å². The Hall–Kier alpha value is -0.290. The quantitative estimate of drug-likeness (QED) is 0.762. The molecule has 0 spiro atoms. The van der Waals surface area contributed by atoms with Crippen LogP contribution in [0.1, 0.15) is 19.4 Å². The average molecular weight is 363 g/mol. The molecule has 0 N–H and O–H groups in total. The van der Waals surface area contributed by atoms with E-state index >= 15 is 0 Å². The fourth-order valence-electron chi connectivity index (χ4n) is 2.73. The van der Waals surface area contributed by atoms with Crippen LogP contribution in [0.5, 0.6) is 5.75 Å². The number of nitrogens with zero attached hydrogens (tertiary/aromatic N) is 1. The molecule has 20 heavy (non-hydrogen) atoms. The molecule has 1 aliphatic rings. The fraction of sp³-hybridized carbons (Fsp3) is 0.600. The number of benzene rings is 1. The van der Waals surface area contributed by atoms with Crippen molar-refractivity contribution >= 4 is 27.5 Å². The van der Waals surface area contributed by atoms with Gasteiger partial charge in [-0.15, -0.1) is 0 Å². The molecule has 0 radical (unpaired) electrons. The molecule has 0 saturated carbocycles. The van der Waals surface area contributed by atoms with Gasteiger partial charge in [-0.1, -0.05) is 27.5 Å². The molecule has 112 valence electrons. The highest BCUT2D eigenvalue weighted by Crippen LogP contribution is 2.28. The zero-order valence-electron chi connectivity index (χ0n) is 12.2. The van der Waals surface area contributed by atoms with E-state index in [1.54, 1.807) is 7.11 Å². The molecule has 1 unspecified atom stereocenters. The second kappa shape index (κ2) is 6.65. The van der Waals surface area contributed by atoms with Crippen molar-refractivity contribution in [1.82, 2.24) is 4.90 Å². The van der Waals surface area contributed by atoms with E-state index in [1.807, 2.05) is 18.2 Å². The molecule has 1 aromatic carbocycles. The number of methoxy groups -OCH3 is 1. The van der Waals surface area contributed by atoms with Crippen molar-refractivity contribution in [1.29, 1.82) is 0 Å². The van der Waals surface area contributed by atoms with E-state index in [0.717, 1.165) is 41.3 Å². The van der Waals surface area contributed by atoms with E-state index in [1.165, 1.54) is 0 Å². The van der Waals surface area contributed by atoms with Gasteiger partial charge in [0.15, 0.2) is 0 Å². The molecule has 2 rings (SSSR count). The van der Waals surface area contributed by atoms with Crippen LogP contribution in [0.4, 0.5) is 0 Å². The first kappa shape index (κ1) is 16.1. The summed E-state index contributed by atoms with van der Waals surface area (Å²) in [7, 11) is 1.69. The first-order chi connectivity index (χ1) is 9.43. The van der Waals surface area contributed by atoms with Crippen LogP contribution in [0, 0.1) is 0 Å². The summed E-state index contributed by atoms with van der Waals surface area (Å²) in [6.45, 7) is 6.88. The predicted octanol–water partition coefficient (Wildman–Crippen LogP) is 3.72. The van der Waals surface area contributed by atoms with Crippen molar-refractivity contribution < 1.29 is 9.47 Å².